The summed E-state index contributed by atoms with van der Waals surface area (Å²) in [6, 6.07) is 14.9. The molecule has 2 aromatic rings. The van der Waals surface area contributed by atoms with Crippen molar-refractivity contribution in [1.82, 2.24) is 4.90 Å². The summed E-state index contributed by atoms with van der Waals surface area (Å²) in [5.74, 6) is 0. The number of likely N-dealkylation sites (tertiary alicyclic amines) is 1. The van der Waals surface area contributed by atoms with Gasteiger partial charge in [0, 0.05) is 27.9 Å². The zero-order valence-electron chi connectivity index (χ0n) is 12.5. The zero-order chi connectivity index (χ0) is 14.9. The fraction of sp³-hybridized carbons (Fsp3) is 0.333. The molecular weight excluding hydrogens is 312 g/mol. The van der Waals surface area contributed by atoms with Gasteiger partial charge in [-0.1, -0.05) is 35.5 Å². The predicted molar refractivity (Wildman–Crippen MR) is 94.7 cm³/mol. The van der Waals surface area contributed by atoms with E-state index in [2.05, 4.69) is 46.2 Å². The fourth-order valence-electron chi connectivity index (χ4n) is 3.30. The number of fused-ring (bicyclic) bond motifs is 2. The maximum atomic E-state index is 6.19. The minimum Gasteiger partial charge on any atom is -0.338 e. The van der Waals surface area contributed by atoms with E-state index in [0.29, 0.717) is 0 Å². The molecule has 0 atom stereocenters. The molecule has 0 amide bonds. The molecule has 2 heterocycles. The molecule has 0 unspecified atom stereocenters. The Morgan fingerprint density at radius 1 is 0.909 bits per heavy atom. The summed E-state index contributed by atoms with van der Waals surface area (Å²) in [4.78, 5) is 7.60. The van der Waals surface area contributed by atoms with Crippen LogP contribution in [0.15, 0.2) is 52.3 Å². The molecule has 2 aliphatic rings. The first kappa shape index (κ1) is 14.4. The highest BCUT2D eigenvalue weighted by atomic mass is 35.5. The Bertz CT molecular complexity index is 683. The smallest absolute Gasteiger partial charge is 0.0554 e. The van der Waals surface area contributed by atoms with E-state index in [4.69, 9.17) is 11.6 Å². The quantitative estimate of drug-likeness (QED) is 0.778. The van der Waals surface area contributed by atoms with E-state index < -0.39 is 0 Å². The highest BCUT2D eigenvalue weighted by Crippen LogP contribution is 2.48. The van der Waals surface area contributed by atoms with Gasteiger partial charge in [0.1, 0.15) is 0 Å². The highest BCUT2D eigenvalue weighted by Gasteiger charge is 2.24. The van der Waals surface area contributed by atoms with Gasteiger partial charge >= 0.3 is 0 Å². The van der Waals surface area contributed by atoms with Crippen molar-refractivity contribution in [3.05, 3.63) is 47.5 Å². The van der Waals surface area contributed by atoms with E-state index in [1.165, 1.54) is 47.1 Å². The average molecular weight is 331 g/mol. The molecule has 1 saturated heterocycles. The summed E-state index contributed by atoms with van der Waals surface area (Å²) < 4.78 is 0. The Morgan fingerprint density at radius 2 is 1.68 bits per heavy atom. The number of halogens is 1. The summed E-state index contributed by atoms with van der Waals surface area (Å²) in [5, 5.41) is 0.810. The zero-order valence-corrected chi connectivity index (χ0v) is 14.0. The normalized spacial score (nSPS) is 17.4. The van der Waals surface area contributed by atoms with Gasteiger partial charge in [0.25, 0.3) is 0 Å². The maximum absolute atomic E-state index is 6.19. The Hall–Kier alpha value is -1.16. The van der Waals surface area contributed by atoms with Gasteiger partial charge in [-0.2, -0.15) is 0 Å². The molecule has 4 rings (SSSR count). The van der Waals surface area contributed by atoms with Crippen LogP contribution in [0, 0.1) is 0 Å². The van der Waals surface area contributed by atoms with Gasteiger partial charge in [-0.15, -0.1) is 0 Å². The van der Waals surface area contributed by atoms with Crippen LogP contribution in [0.2, 0.25) is 5.02 Å². The molecule has 0 bridgehead atoms. The Labute approximate surface area is 141 Å². The van der Waals surface area contributed by atoms with Gasteiger partial charge in [-0.3, -0.25) is 0 Å². The van der Waals surface area contributed by atoms with Crippen LogP contribution < -0.4 is 4.90 Å². The molecule has 2 aromatic carbocycles. The molecule has 0 saturated carbocycles. The van der Waals surface area contributed by atoms with Gasteiger partial charge < -0.3 is 9.80 Å². The number of rotatable bonds is 3. The van der Waals surface area contributed by atoms with E-state index in [9.17, 15) is 0 Å². The minimum absolute atomic E-state index is 0.810. The van der Waals surface area contributed by atoms with Crippen LogP contribution in [-0.4, -0.2) is 31.1 Å². The molecule has 0 N–H and O–H groups in total. The lowest BCUT2D eigenvalue weighted by Crippen LogP contribution is -2.32. The van der Waals surface area contributed by atoms with E-state index in [0.717, 1.165) is 18.1 Å². The molecule has 114 valence electrons. The summed E-state index contributed by atoms with van der Waals surface area (Å²) >= 11 is 8.01. The summed E-state index contributed by atoms with van der Waals surface area (Å²) in [6.07, 6.45) is 2.69. The van der Waals surface area contributed by atoms with Crippen molar-refractivity contribution in [2.24, 2.45) is 0 Å². The van der Waals surface area contributed by atoms with E-state index in [1.54, 1.807) is 0 Å². The van der Waals surface area contributed by atoms with Gasteiger partial charge in [0.15, 0.2) is 0 Å². The first-order valence-corrected chi connectivity index (χ1v) is 9.07. The second kappa shape index (κ2) is 6.15. The Kier molecular flexibility index (Phi) is 4.03. The van der Waals surface area contributed by atoms with Gasteiger partial charge in [-0.05, 0) is 56.3 Å². The number of nitrogens with zero attached hydrogens (tertiary/aromatic N) is 2. The van der Waals surface area contributed by atoms with Crippen LogP contribution in [0.4, 0.5) is 11.4 Å². The Morgan fingerprint density at radius 3 is 2.55 bits per heavy atom. The average Bonchev–Trinajstić information content (AvgIpc) is 3.04. The third-order valence-corrected chi connectivity index (χ3v) is 5.77. The molecule has 4 heteroatoms. The van der Waals surface area contributed by atoms with Crippen LogP contribution in [0.5, 0.6) is 0 Å². The SMILES string of the molecule is Clc1ccc2c(c1)Sc1ccccc1N2CCN1CCCC1. The molecular formula is C18H19ClN2S. The lowest BCUT2D eigenvalue weighted by molar-refractivity contribution is 0.348. The number of anilines is 2. The van der Waals surface area contributed by atoms with Crippen molar-refractivity contribution in [2.45, 2.75) is 22.6 Å². The number of benzene rings is 2. The van der Waals surface area contributed by atoms with Crippen LogP contribution in [-0.2, 0) is 0 Å². The lowest BCUT2D eigenvalue weighted by Gasteiger charge is -2.34. The summed E-state index contributed by atoms with van der Waals surface area (Å²) in [6.45, 7) is 4.66. The molecule has 0 aromatic heterocycles. The molecule has 0 radical (unpaired) electrons. The predicted octanol–water partition coefficient (Wildman–Crippen LogP) is 5.04. The third kappa shape index (κ3) is 2.73. The molecule has 22 heavy (non-hydrogen) atoms. The third-order valence-electron chi connectivity index (χ3n) is 4.43. The van der Waals surface area contributed by atoms with Gasteiger partial charge in [-0.25, -0.2) is 0 Å². The number of hydrogen-bond donors (Lipinski definition) is 0. The molecule has 1 fully saturated rings. The second-order valence-corrected chi connectivity index (χ2v) is 7.40. The standard InChI is InChI=1S/C18H19ClN2S/c19-14-7-8-16-18(13-14)22-17-6-2-1-5-15(17)21(16)12-11-20-9-3-4-10-20/h1-2,5-8,13H,3-4,9-12H2. The van der Waals surface area contributed by atoms with Crippen molar-refractivity contribution < 1.29 is 0 Å². The second-order valence-electron chi connectivity index (χ2n) is 5.88. The molecule has 0 spiro atoms. The van der Waals surface area contributed by atoms with Crippen LogP contribution >= 0.6 is 23.4 Å². The summed E-state index contributed by atoms with van der Waals surface area (Å²) in [5.41, 5.74) is 2.61. The number of para-hydroxylation sites is 1. The summed E-state index contributed by atoms with van der Waals surface area (Å²) in [7, 11) is 0. The fourth-order valence-corrected chi connectivity index (χ4v) is 4.67. The van der Waals surface area contributed by atoms with E-state index in [1.807, 2.05) is 17.8 Å². The monoisotopic (exact) mass is 330 g/mol. The van der Waals surface area contributed by atoms with Crippen molar-refractivity contribution in [3.8, 4) is 0 Å². The molecule has 0 aliphatic carbocycles. The number of hydrogen-bond acceptors (Lipinski definition) is 3. The first-order valence-electron chi connectivity index (χ1n) is 7.87. The minimum atomic E-state index is 0.810. The topological polar surface area (TPSA) is 6.48 Å². The van der Waals surface area contributed by atoms with Gasteiger partial charge in [0.05, 0.1) is 11.4 Å². The lowest BCUT2D eigenvalue weighted by atomic mass is 10.2. The van der Waals surface area contributed by atoms with E-state index in [-0.39, 0.29) is 0 Å². The first-order chi connectivity index (χ1) is 10.8. The molecule has 2 nitrogen and oxygen atoms in total. The largest absolute Gasteiger partial charge is 0.338 e. The van der Waals surface area contributed by atoms with Crippen molar-refractivity contribution in [3.63, 3.8) is 0 Å². The van der Waals surface area contributed by atoms with E-state index >= 15 is 0 Å². The Balaban J connectivity index is 1.66. The van der Waals surface area contributed by atoms with Crippen molar-refractivity contribution in [1.29, 1.82) is 0 Å². The maximum Gasteiger partial charge on any atom is 0.0554 e. The molecule has 2 aliphatic heterocycles. The van der Waals surface area contributed by atoms with Crippen molar-refractivity contribution in [2.75, 3.05) is 31.1 Å². The van der Waals surface area contributed by atoms with Crippen LogP contribution in [0.3, 0.4) is 0 Å². The van der Waals surface area contributed by atoms with Crippen molar-refractivity contribution >= 4 is 34.7 Å². The highest BCUT2D eigenvalue weighted by molar-refractivity contribution is 7.99. The van der Waals surface area contributed by atoms with Crippen LogP contribution in [0.25, 0.3) is 0 Å². The van der Waals surface area contributed by atoms with Crippen LogP contribution in [0.1, 0.15) is 12.8 Å². The van der Waals surface area contributed by atoms with Gasteiger partial charge in [0.2, 0.25) is 0 Å².